The van der Waals surface area contributed by atoms with E-state index < -0.39 is 23.5 Å². The van der Waals surface area contributed by atoms with Gasteiger partial charge in [0.05, 0.1) is 16.6 Å². The largest absolute Gasteiger partial charge is 0.419 e. The summed E-state index contributed by atoms with van der Waals surface area (Å²) in [6.07, 6.45) is -4.83. The van der Waals surface area contributed by atoms with Crippen LogP contribution in [-0.2, 0) is 12.7 Å². The van der Waals surface area contributed by atoms with Gasteiger partial charge in [0, 0.05) is 38.5 Å². The number of alkyl halides is 3. The first kappa shape index (κ1) is 24.2. The highest BCUT2D eigenvalue weighted by Gasteiger charge is 2.34. The molecule has 9 heteroatoms. The number of primary amides is 1. The number of carbonyl (C=O) groups is 1. The number of benzene rings is 4. The Morgan fingerprint density at radius 1 is 0.917 bits per heavy atom. The van der Waals surface area contributed by atoms with E-state index in [2.05, 4.69) is 0 Å². The lowest BCUT2D eigenvalue weighted by molar-refractivity contribution is -0.140. The van der Waals surface area contributed by atoms with Crippen LogP contribution < -0.4 is 5.73 Å². The molecular formula is C27H16Cl2F4N2O. The predicted octanol–water partition coefficient (Wildman–Crippen LogP) is 8.07. The lowest BCUT2D eigenvalue weighted by Gasteiger charge is -2.13. The van der Waals surface area contributed by atoms with Crippen molar-refractivity contribution in [2.45, 2.75) is 12.7 Å². The van der Waals surface area contributed by atoms with Gasteiger partial charge >= 0.3 is 6.18 Å². The van der Waals surface area contributed by atoms with Crippen LogP contribution in [-0.4, -0.2) is 10.5 Å². The average Bonchev–Trinajstić information content (AvgIpc) is 3.12. The smallest absolute Gasteiger partial charge is 0.366 e. The fraction of sp³-hybridized carbons (Fsp3) is 0.0741. The summed E-state index contributed by atoms with van der Waals surface area (Å²) >= 11 is 12.4. The highest BCUT2D eigenvalue weighted by atomic mass is 35.5. The molecule has 0 saturated carbocycles. The molecular weight excluding hydrogens is 515 g/mol. The van der Waals surface area contributed by atoms with E-state index in [1.165, 1.54) is 6.07 Å². The fourth-order valence-electron chi connectivity index (χ4n) is 4.48. The molecule has 5 aromatic rings. The first-order valence-corrected chi connectivity index (χ1v) is 11.5. The van der Waals surface area contributed by atoms with Crippen LogP contribution in [0.25, 0.3) is 32.9 Å². The van der Waals surface area contributed by atoms with Crippen LogP contribution >= 0.6 is 23.2 Å². The summed E-state index contributed by atoms with van der Waals surface area (Å²) in [6, 6.07) is 18.5. The monoisotopic (exact) mass is 530 g/mol. The van der Waals surface area contributed by atoms with Crippen molar-refractivity contribution in [3.8, 4) is 11.1 Å². The molecule has 1 heterocycles. The van der Waals surface area contributed by atoms with Crippen LogP contribution in [0.15, 0.2) is 72.8 Å². The summed E-state index contributed by atoms with van der Waals surface area (Å²) in [5.41, 5.74) is 7.49. The van der Waals surface area contributed by atoms with E-state index >= 15 is 0 Å². The molecule has 1 aromatic heterocycles. The van der Waals surface area contributed by atoms with Gasteiger partial charge in [-0.15, -0.1) is 0 Å². The molecule has 0 bridgehead atoms. The number of rotatable bonds is 4. The molecule has 0 aliphatic carbocycles. The minimum Gasteiger partial charge on any atom is -0.366 e. The lowest BCUT2D eigenvalue weighted by Crippen LogP contribution is -2.11. The summed E-state index contributed by atoms with van der Waals surface area (Å²) in [5.74, 6) is -1.98. The first-order valence-electron chi connectivity index (χ1n) is 10.7. The molecule has 0 fully saturated rings. The third kappa shape index (κ3) is 4.18. The predicted molar refractivity (Wildman–Crippen MR) is 134 cm³/mol. The van der Waals surface area contributed by atoms with E-state index in [4.69, 9.17) is 28.9 Å². The van der Waals surface area contributed by atoms with Gasteiger partial charge in [0.25, 0.3) is 0 Å². The van der Waals surface area contributed by atoms with Crippen molar-refractivity contribution in [2.24, 2.45) is 5.73 Å². The van der Waals surface area contributed by atoms with Crippen molar-refractivity contribution in [3.05, 3.63) is 105 Å². The second-order valence-electron chi connectivity index (χ2n) is 8.32. The summed E-state index contributed by atoms with van der Waals surface area (Å²) in [6.45, 7) is -0.0105. The third-order valence-corrected chi connectivity index (χ3v) is 6.62. The molecule has 0 aliphatic heterocycles. The minimum atomic E-state index is -4.83. The highest BCUT2D eigenvalue weighted by Crippen LogP contribution is 2.38. The van der Waals surface area contributed by atoms with E-state index in [0.717, 1.165) is 17.7 Å². The Kier molecular flexibility index (Phi) is 5.93. The number of halogens is 6. The molecule has 0 atom stereocenters. The van der Waals surface area contributed by atoms with Gasteiger partial charge < -0.3 is 10.3 Å². The Balaban J connectivity index is 1.78. The van der Waals surface area contributed by atoms with E-state index in [-0.39, 0.29) is 17.7 Å². The van der Waals surface area contributed by atoms with Gasteiger partial charge in [0.1, 0.15) is 5.82 Å². The Morgan fingerprint density at radius 3 is 2.39 bits per heavy atom. The third-order valence-electron chi connectivity index (χ3n) is 6.08. The van der Waals surface area contributed by atoms with E-state index in [0.29, 0.717) is 37.4 Å². The zero-order chi connectivity index (χ0) is 25.8. The van der Waals surface area contributed by atoms with Crippen molar-refractivity contribution >= 4 is 50.9 Å². The van der Waals surface area contributed by atoms with Crippen LogP contribution in [0.1, 0.15) is 21.5 Å². The zero-order valence-electron chi connectivity index (χ0n) is 18.3. The summed E-state index contributed by atoms with van der Waals surface area (Å²) in [7, 11) is 0. The Morgan fingerprint density at radius 2 is 1.69 bits per heavy atom. The summed E-state index contributed by atoms with van der Waals surface area (Å²) in [5, 5.41) is 2.16. The maximum atomic E-state index is 13.9. The summed E-state index contributed by atoms with van der Waals surface area (Å²) in [4.78, 5) is 12.2. The number of aromatic nitrogens is 1. The first-order chi connectivity index (χ1) is 17.0. The molecule has 36 heavy (non-hydrogen) atoms. The lowest BCUT2D eigenvalue weighted by atomic mass is 10.0. The van der Waals surface area contributed by atoms with E-state index in [1.807, 2.05) is 18.2 Å². The van der Waals surface area contributed by atoms with Crippen LogP contribution in [0, 0.1) is 5.82 Å². The maximum Gasteiger partial charge on any atom is 0.419 e. The fourth-order valence-corrected chi connectivity index (χ4v) is 5.00. The Bertz CT molecular complexity index is 1670. The van der Waals surface area contributed by atoms with Crippen molar-refractivity contribution in [1.82, 2.24) is 4.57 Å². The number of amides is 1. The number of fused-ring (bicyclic) bond motifs is 3. The number of hydrogen-bond donors (Lipinski definition) is 1. The second kappa shape index (κ2) is 8.84. The van der Waals surface area contributed by atoms with Crippen molar-refractivity contribution in [3.63, 3.8) is 0 Å². The topological polar surface area (TPSA) is 48.0 Å². The zero-order valence-corrected chi connectivity index (χ0v) is 19.8. The SMILES string of the molecule is NC(=O)c1cccc2c1c1ccc(-c3ccc(Cl)cc3Cl)cc1n2Cc1ccc(F)c(C(F)(F)F)c1. The van der Waals surface area contributed by atoms with Crippen molar-refractivity contribution in [2.75, 3.05) is 0 Å². The van der Waals surface area contributed by atoms with Gasteiger partial charge in [-0.3, -0.25) is 4.79 Å². The highest BCUT2D eigenvalue weighted by molar-refractivity contribution is 6.36. The van der Waals surface area contributed by atoms with E-state index in [9.17, 15) is 22.4 Å². The molecule has 4 aromatic carbocycles. The van der Waals surface area contributed by atoms with Crippen molar-refractivity contribution < 1.29 is 22.4 Å². The van der Waals surface area contributed by atoms with Crippen molar-refractivity contribution in [1.29, 1.82) is 0 Å². The molecule has 0 aliphatic rings. The quantitative estimate of drug-likeness (QED) is 0.234. The number of hydrogen-bond acceptors (Lipinski definition) is 1. The number of nitrogens with zero attached hydrogens (tertiary/aromatic N) is 1. The molecule has 1 amide bonds. The van der Waals surface area contributed by atoms with E-state index in [1.54, 1.807) is 41.0 Å². The molecule has 0 unspecified atom stereocenters. The average molecular weight is 531 g/mol. The molecule has 0 saturated heterocycles. The van der Waals surface area contributed by atoms with Crippen LogP contribution in [0.2, 0.25) is 10.0 Å². The van der Waals surface area contributed by atoms with Crippen LogP contribution in [0.5, 0.6) is 0 Å². The maximum absolute atomic E-state index is 13.9. The Hall–Kier alpha value is -3.55. The Labute approximate surface area is 212 Å². The minimum absolute atomic E-state index is 0.0105. The normalized spacial score (nSPS) is 11.9. The standard InChI is InChI=1S/C27H16Cl2F4N2O/c28-16-6-8-17(21(29)12-16)15-5-7-18-24(11-15)35(23-3-1-2-19(25(18)23)26(34)36)13-14-4-9-22(30)20(10-14)27(31,32)33/h1-12H,13H2,(H2,34,36). The molecule has 182 valence electrons. The number of carbonyl (C=O) groups excluding carboxylic acids is 1. The summed E-state index contributed by atoms with van der Waals surface area (Å²) < 4.78 is 55.7. The van der Waals surface area contributed by atoms with Gasteiger partial charge in [-0.1, -0.05) is 53.5 Å². The van der Waals surface area contributed by atoms with Gasteiger partial charge in [-0.25, -0.2) is 4.39 Å². The van der Waals surface area contributed by atoms with Gasteiger partial charge in [0.15, 0.2) is 0 Å². The molecule has 3 nitrogen and oxygen atoms in total. The van der Waals surface area contributed by atoms with Crippen LogP contribution in [0.3, 0.4) is 0 Å². The molecule has 0 radical (unpaired) electrons. The number of nitrogens with two attached hydrogens (primary N) is 1. The van der Waals surface area contributed by atoms with Crippen LogP contribution in [0.4, 0.5) is 17.6 Å². The van der Waals surface area contributed by atoms with Gasteiger partial charge in [0.2, 0.25) is 5.91 Å². The molecule has 5 rings (SSSR count). The van der Waals surface area contributed by atoms with Gasteiger partial charge in [-0.2, -0.15) is 13.2 Å². The molecule has 2 N–H and O–H groups in total. The molecule has 0 spiro atoms. The second-order valence-corrected chi connectivity index (χ2v) is 9.16. The van der Waals surface area contributed by atoms with Gasteiger partial charge in [-0.05, 0) is 53.6 Å².